The molecule has 1 heterocycles. The van der Waals surface area contributed by atoms with Crippen molar-refractivity contribution in [2.75, 3.05) is 13.7 Å². The van der Waals surface area contributed by atoms with Crippen molar-refractivity contribution in [2.24, 2.45) is 0 Å². The summed E-state index contributed by atoms with van der Waals surface area (Å²) in [6.45, 7) is 0.845. The minimum Gasteiger partial charge on any atom is -0.508 e. The molecule has 2 N–H and O–H groups in total. The second-order valence-corrected chi connectivity index (χ2v) is 3.23. The molecule has 74 valence electrons. The fraction of sp³-hybridized carbons (Fsp3) is 0.300. The number of phenolic OH excluding ortho intramolecular Hbond substituents is 1. The first-order valence-electron chi connectivity index (χ1n) is 4.37. The van der Waals surface area contributed by atoms with Gasteiger partial charge in [-0.1, -0.05) is 0 Å². The van der Waals surface area contributed by atoms with E-state index in [1.165, 1.54) is 13.2 Å². The maximum absolute atomic E-state index is 11.2. The molecule has 14 heavy (non-hydrogen) atoms. The van der Waals surface area contributed by atoms with E-state index in [0.717, 1.165) is 12.1 Å². The Morgan fingerprint density at radius 3 is 2.93 bits per heavy atom. The van der Waals surface area contributed by atoms with E-state index < -0.39 is 0 Å². The van der Waals surface area contributed by atoms with Crippen molar-refractivity contribution in [3.05, 3.63) is 29.3 Å². The van der Waals surface area contributed by atoms with Crippen LogP contribution in [0.3, 0.4) is 0 Å². The molecule has 0 aliphatic carbocycles. The highest BCUT2D eigenvalue weighted by molar-refractivity contribution is 5.89. The summed E-state index contributed by atoms with van der Waals surface area (Å²) in [6.07, 6.45) is 0. The Labute approximate surface area is 81.5 Å². The standard InChI is InChI=1S/C10H11NO3/c1-14-10(13)6-2-3-9(12)7(4-6)8-5-11-8/h2-4,8,11-12H,5H2,1H3/t8-/m1/s1. The van der Waals surface area contributed by atoms with Gasteiger partial charge >= 0.3 is 5.97 Å². The molecule has 1 aromatic carbocycles. The Hall–Kier alpha value is -1.55. The molecule has 1 aromatic rings. The molecule has 0 unspecified atom stereocenters. The van der Waals surface area contributed by atoms with Gasteiger partial charge in [-0.2, -0.15) is 0 Å². The number of methoxy groups -OCH3 is 1. The molecule has 1 fully saturated rings. The minimum absolute atomic E-state index is 0.180. The zero-order valence-electron chi connectivity index (χ0n) is 7.78. The quantitative estimate of drug-likeness (QED) is 0.539. The fourth-order valence-corrected chi connectivity index (χ4v) is 1.36. The zero-order chi connectivity index (χ0) is 10.1. The number of nitrogens with one attached hydrogen (secondary N) is 1. The van der Waals surface area contributed by atoms with E-state index in [1.807, 2.05) is 0 Å². The van der Waals surface area contributed by atoms with Gasteiger partial charge in [-0.05, 0) is 18.2 Å². The van der Waals surface area contributed by atoms with Gasteiger partial charge in [0.2, 0.25) is 0 Å². The monoisotopic (exact) mass is 193 g/mol. The summed E-state index contributed by atoms with van der Waals surface area (Å²) in [7, 11) is 1.34. The molecule has 1 aliphatic heterocycles. The van der Waals surface area contributed by atoms with Crippen LogP contribution in [0.2, 0.25) is 0 Å². The third-order valence-corrected chi connectivity index (χ3v) is 2.23. The third-order valence-electron chi connectivity index (χ3n) is 2.23. The van der Waals surface area contributed by atoms with Crippen LogP contribution in [0, 0.1) is 0 Å². The number of benzene rings is 1. The van der Waals surface area contributed by atoms with E-state index in [-0.39, 0.29) is 17.8 Å². The molecular weight excluding hydrogens is 182 g/mol. The van der Waals surface area contributed by atoms with Crippen LogP contribution in [0.15, 0.2) is 18.2 Å². The van der Waals surface area contributed by atoms with Crippen molar-refractivity contribution in [1.82, 2.24) is 5.32 Å². The molecule has 0 amide bonds. The number of carbonyl (C=O) groups is 1. The van der Waals surface area contributed by atoms with Crippen molar-refractivity contribution in [2.45, 2.75) is 6.04 Å². The summed E-state index contributed by atoms with van der Waals surface area (Å²) >= 11 is 0. The summed E-state index contributed by atoms with van der Waals surface area (Å²) in [4.78, 5) is 11.2. The number of hydrogen-bond donors (Lipinski definition) is 2. The van der Waals surface area contributed by atoms with Crippen LogP contribution < -0.4 is 5.32 Å². The summed E-state index contributed by atoms with van der Waals surface area (Å²) in [5.74, 6) is -0.167. The number of esters is 1. The minimum atomic E-state index is -0.383. The Morgan fingerprint density at radius 1 is 1.64 bits per heavy atom. The molecule has 0 aromatic heterocycles. The van der Waals surface area contributed by atoms with Gasteiger partial charge < -0.3 is 15.2 Å². The first-order valence-corrected chi connectivity index (χ1v) is 4.37. The Morgan fingerprint density at radius 2 is 2.36 bits per heavy atom. The first-order chi connectivity index (χ1) is 6.72. The molecule has 0 saturated carbocycles. The van der Waals surface area contributed by atoms with Crippen molar-refractivity contribution < 1.29 is 14.6 Å². The molecule has 0 spiro atoms. The van der Waals surface area contributed by atoms with Gasteiger partial charge in [0, 0.05) is 18.2 Å². The molecule has 0 bridgehead atoms. The summed E-state index contributed by atoms with van der Waals surface area (Å²) in [5.41, 5.74) is 1.22. The van der Waals surface area contributed by atoms with Crippen molar-refractivity contribution in [1.29, 1.82) is 0 Å². The largest absolute Gasteiger partial charge is 0.508 e. The van der Waals surface area contributed by atoms with E-state index in [0.29, 0.717) is 5.56 Å². The summed E-state index contributed by atoms with van der Waals surface area (Å²) in [5, 5.41) is 12.6. The van der Waals surface area contributed by atoms with Crippen LogP contribution in [-0.2, 0) is 4.74 Å². The fourth-order valence-electron chi connectivity index (χ4n) is 1.36. The lowest BCUT2D eigenvalue weighted by atomic mass is 10.1. The van der Waals surface area contributed by atoms with Gasteiger partial charge in [0.15, 0.2) is 0 Å². The molecule has 1 aliphatic rings. The third kappa shape index (κ3) is 1.56. The highest BCUT2D eigenvalue weighted by Crippen LogP contribution is 2.30. The SMILES string of the molecule is COC(=O)c1ccc(O)c([C@H]2CN2)c1. The van der Waals surface area contributed by atoms with Gasteiger partial charge in [-0.3, -0.25) is 0 Å². The Kier molecular flexibility index (Phi) is 2.13. The second-order valence-electron chi connectivity index (χ2n) is 3.23. The van der Waals surface area contributed by atoms with Gasteiger partial charge in [0.05, 0.1) is 12.7 Å². The van der Waals surface area contributed by atoms with E-state index >= 15 is 0 Å². The van der Waals surface area contributed by atoms with E-state index in [2.05, 4.69) is 10.1 Å². The van der Waals surface area contributed by atoms with Gasteiger partial charge in [0.25, 0.3) is 0 Å². The summed E-state index contributed by atoms with van der Waals surface area (Å²) < 4.78 is 4.59. The first kappa shape index (κ1) is 9.02. The highest BCUT2D eigenvalue weighted by Gasteiger charge is 2.26. The van der Waals surface area contributed by atoms with Crippen molar-refractivity contribution in [3.63, 3.8) is 0 Å². The number of hydrogen-bond acceptors (Lipinski definition) is 4. The van der Waals surface area contributed by atoms with Crippen molar-refractivity contribution >= 4 is 5.97 Å². The number of rotatable bonds is 2. The number of carbonyl (C=O) groups excluding carboxylic acids is 1. The average Bonchev–Trinajstić information content (AvgIpc) is 3.01. The van der Waals surface area contributed by atoms with E-state index in [4.69, 9.17) is 0 Å². The van der Waals surface area contributed by atoms with Crippen LogP contribution >= 0.6 is 0 Å². The zero-order valence-corrected chi connectivity index (χ0v) is 7.78. The molecular formula is C10H11NO3. The molecule has 0 radical (unpaired) electrons. The van der Waals surface area contributed by atoms with Crippen LogP contribution in [-0.4, -0.2) is 24.7 Å². The lowest BCUT2D eigenvalue weighted by molar-refractivity contribution is 0.0600. The lowest BCUT2D eigenvalue weighted by Gasteiger charge is -2.04. The predicted molar refractivity (Wildman–Crippen MR) is 50.2 cm³/mol. The van der Waals surface area contributed by atoms with E-state index in [1.54, 1.807) is 12.1 Å². The van der Waals surface area contributed by atoms with Crippen LogP contribution in [0.5, 0.6) is 5.75 Å². The molecule has 2 rings (SSSR count). The average molecular weight is 193 g/mol. The Bertz CT molecular complexity index is 372. The molecule has 1 saturated heterocycles. The molecule has 4 heteroatoms. The predicted octanol–water partition coefficient (Wildman–Crippen LogP) is 0.823. The number of aromatic hydroxyl groups is 1. The normalized spacial score (nSPS) is 19.1. The molecule has 4 nitrogen and oxygen atoms in total. The lowest BCUT2D eigenvalue weighted by Crippen LogP contribution is -2.02. The van der Waals surface area contributed by atoms with Crippen molar-refractivity contribution in [3.8, 4) is 5.75 Å². The number of ether oxygens (including phenoxy) is 1. The van der Waals surface area contributed by atoms with Crippen LogP contribution in [0.4, 0.5) is 0 Å². The van der Waals surface area contributed by atoms with Crippen LogP contribution in [0.1, 0.15) is 22.0 Å². The molecule has 1 atom stereocenters. The topological polar surface area (TPSA) is 68.5 Å². The maximum atomic E-state index is 11.2. The highest BCUT2D eigenvalue weighted by atomic mass is 16.5. The van der Waals surface area contributed by atoms with Gasteiger partial charge in [-0.15, -0.1) is 0 Å². The maximum Gasteiger partial charge on any atom is 0.337 e. The number of phenols is 1. The smallest absolute Gasteiger partial charge is 0.337 e. The van der Waals surface area contributed by atoms with E-state index in [9.17, 15) is 9.90 Å². The van der Waals surface area contributed by atoms with Gasteiger partial charge in [-0.25, -0.2) is 4.79 Å². The van der Waals surface area contributed by atoms with Gasteiger partial charge in [0.1, 0.15) is 5.75 Å². The van der Waals surface area contributed by atoms with Crippen LogP contribution in [0.25, 0.3) is 0 Å². The Balaban J connectivity index is 2.35. The second kappa shape index (κ2) is 3.31. The summed E-state index contributed by atoms with van der Waals surface area (Å²) in [6, 6.07) is 4.90.